The molecule has 2 unspecified atom stereocenters. The van der Waals surface area contributed by atoms with Crippen molar-refractivity contribution >= 4 is 16.2 Å². The van der Waals surface area contributed by atoms with Crippen LogP contribution in [0.3, 0.4) is 0 Å². The number of hydrogen-bond donors (Lipinski definition) is 3. The smallest absolute Gasteiger partial charge is 0.318 e. The Balaban J connectivity index is 1.51. The molecule has 0 aliphatic carbocycles. The monoisotopic (exact) mass is 514 g/mol. The van der Waals surface area contributed by atoms with E-state index in [-0.39, 0.29) is 30.9 Å². The van der Waals surface area contributed by atoms with Crippen LogP contribution in [0.5, 0.6) is 0 Å². The lowest BCUT2D eigenvalue weighted by Crippen LogP contribution is -2.59. The van der Waals surface area contributed by atoms with Gasteiger partial charge in [-0.25, -0.2) is 23.4 Å². The number of nitrogens with zero attached hydrogens (tertiary/aromatic N) is 1. The summed E-state index contributed by atoms with van der Waals surface area (Å²) >= 11 is 0. The number of carbonyl (C=O) groups excluding carboxylic acids is 1. The van der Waals surface area contributed by atoms with Gasteiger partial charge in [0, 0.05) is 13.1 Å². The van der Waals surface area contributed by atoms with E-state index in [0.717, 1.165) is 16.7 Å². The van der Waals surface area contributed by atoms with E-state index in [2.05, 4.69) is 10.0 Å². The summed E-state index contributed by atoms with van der Waals surface area (Å²) < 4.78 is 51.7. The molecule has 36 heavy (non-hydrogen) atoms. The minimum atomic E-state index is -3.89. The first kappa shape index (κ1) is 25.7. The lowest BCUT2D eigenvalue weighted by atomic mass is 9.81. The molecule has 2 atom stereocenters. The van der Waals surface area contributed by atoms with Gasteiger partial charge in [0.25, 0.3) is 10.2 Å². The summed E-state index contributed by atoms with van der Waals surface area (Å²) in [5, 5.41) is 8.11. The molecular formula is C26H28F2N4O3S. The zero-order valence-corrected chi connectivity index (χ0v) is 20.6. The lowest BCUT2D eigenvalue weighted by Gasteiger charge is -2.45. The summed E-state index contributed by atoms with van der Waals surface area (Å²) in [5.41, 5.74) is 2.56. The van der Waals surface area contributed by atoms with Crippen molar-refractivity contribution in [3.8, 4) is 11.1 Å². The third-order valence-electron chi connectivity index (χ3n) is 6.68. The van der Waals surface area contributed by atoms with Gasteiger partial charge in [0.2, 0.25) is 0 Å². The number of urea groups is 1. The molecule has 0 saturated carbocycles. The van der Waals surface area contributed by atoms with Crippen molar-refractivity contribution in [3.05, 3.63) is 95.6 Å². The molecule has 1 aliphatic heterocycles. The molecule has 3 aromatic rings. The normalized spacial score (nSPS) is 19.1. The zero-order chi connectivity index (χ0) is 25.9. The number of halogens is 2. The van der Waals surface area contributed by atoms with Gasteiger partial charge in [-0.05, 0) is 66.3 Å². The zero-order valence-electron chi connectivity index (χ0n) is 19.7. The molecule has 190 valence electrons. The van der Waals surface area contributed by atoms with Gasteiger partial charge in [0.1, 0.15) is 11.6 Å². The second-order valence-electron chi connectivity index (χ2n) is 8.96. The Labute approximate surface area is 209 Å². The summed E-state index contributed by atoms with van der Waals surface area (Å²) in [5.74, 6) is -0.699. The van der Waals surface area contributed by atoms with E-state index in [1.54, 1.807) is 29.2 Å². The van der Waals surface area contributed by atoms with Crippen molar-refractivity contribution in [1.29, 1.82) is 0 Å². The minimum Gasteiger partial charge on any atom is -0.328 e. The Kier molecular flexibility index (Phi) is 7.39. The van der Waals surface area contributed by atoms with E-state index >= 15 is 0 Å². The van der Waals surface area contributed by atoms with Crippen molar-refractivity contribution in [2.45, 2.75) is 31.3 Å². The molecule has 4 N–H and O–H groups in total. The van der Waals surface area contributed by atoms with Crippen LogP contribution in [0, 0.1) is 11.6 Å². The number of benzene rings is 3. The topological polar surface area (TPSA) is 105 Å². The first-order valence-electron chi connectivity index (χ1n) is 11.5. The summed E-state index contributed by atoms with van der Waals surface area (Å²) in [6, 6.07) is 19.3. The summed E-state index contributed by atoms with van der Waals surface area (Å²) in [4.78, 5) is 15.0. The number of rotatable bonds is 8. The molecule has 0 aromatic heterocycles. The third-order valence-corrected chi connectivity index (χ3v) is 7.28. The molecule has 3 aromatic carbocycles. The predicted molar refractivity (Wildman–Crippen MR) is 134 cm³/mol. The Morgan fingerprint density at radius 1 is 0.972 bits per heavy atom. The van der Waals surface area contributed by atoms with Crippen molar-refractivity contribution in [1.82, 2.24) is 14.9 Å². The first-order valence-corrected chi connectivity index (χ1v) is 13.1. The van der Waals surface area contributed by atoms with E-state index in [1.165, 1.54) is 24.3 Å². The lowest BCUT2D eigenvalue weighted by molar-refractivity contribution is 0.122. The maximum absolute atomic E-state index is 13.6. The number of carbonyl (C=O) groups is 1. The van der Waals surface area contributed by atoms with Crippen LogP contribution in [0.4, 0.5) is 13.6 Å². The molecule has 1 fully saturated rings. The van der Waals surface area contributed by atoms with E-state index in [9.17, 15) is 22.0 Å². The second-order valence-corrected chi connectivity index (χ2v) is 10.3. The quantitative estimate of drug-likeness (QED) is 0.420. The average molecular weight is 515 g/mol. The van der Waals surface area contributed by atoms with Crippen LogP contribution < -0.4 is 15.2 Å². The standard InChI is InChI=1S/C26H28F2N4O3S/c1-18(19-2-4-20(5-3-19)21-6-10-23(27)11-7-21)32-17-15-26(31-25(32)33,14-16-30-36(29,34)35)22-8-12-24(28)13-9-22/h2-13,18,30H,14-17H2,1H3,(H,31,33)(H2,29,34,35). The minimum absolute atomic E-state index is 0.0108. The molecule has 1 saturated heterocycles. The van der Waals surface area contributed by atoms with Crippen LogP contribution >= 0.6 is 0 Å². The van der Waals surface area contributed by atoms with Crippen LogP contribution in [0.2, 0.25) is 0 Å². The van der Waals surface area contributed by atoms with Gasteiger partial charge in [-0.3, -0.25) is 0 Å². The van der Waals surface area contributed by atoms with E-state index in [1.807, 2.05) is 31.2 Å². The fraction of sp³-hybridized carbons (Fsp3) is 0.269. The highest BCUT2D eigenvalue weighted by molar-refractivity contribution is 7.87. The first-order chi connectivity index (χ1) is 17.1. The molecule has 1 aliphatic rings. The largest absolute Gasteiger partial charge is 0.328 e. The Hall–Kier alpha value is -3.34. The number of amides is 2. The highest BCUT2D eigenvalue weighted by Crippen LogP contribution is 2.35. The molecule has 7 nitrogen and oxygen atoms in total. The predicted octanol–water partition coefficient (Wildman–Crippen LogP) is 4.19. The Bertz CT molecular complexity index is 1320. The molecule has 10 heteroatoms. The average Bonchev–Trinajstić information content (AvgIpc) is 2.84. The van der Waals surface area contributed by atoms with Gasteiger partial charge in [-0.2, -0.15) is 8.42 Å². The van der Waals surface area contributed by atoms with Crippen molar-refractivity contribution in [3.63, 3.8) is 0 Å². The van der Waals surface area contributed by atoms with Crippen LogP contribution in [-0.2, 0) is 15.7 Å². The van der Waals surface area contributed by atoms with Gasteiger partial charge < -0.3 is 10.2 Å². The second kappa shape index (κ2) is 10.3. The fourth-order valence-electron chi connectivity index (χ4n) is 4.62. The van der Waals surface area contributed by atoms with Crippen LogP contribution in [0.1, 0.15) is 36.9 Å². The molecule has 0 radical (unpaired) electrons. The summed E-state index contributed by atoms with van der Waals surface area (Å²) in [6.07, 6.45) is 0.726. The number of nitrogens with two attached hydrogens (primary N) is 1. The van der Waals surface area contributed by atoms with Gasteiger partial charge in [-0.15, -0.1) is 0 Å². The van der Waals surface area contributed by atoms with Crippen molar-refractivity contribution < 1.29 is 22.0 Å². The van der Waals surface area contributed by atoms with Crippen LogP contribution in [0.25, 0.3) is 11.1 Å². The SMILES string of the molecule is CC(c1ccc(-c2ccc(F)cc2)cc1)N1CCC(CCNS(N)(=O)=O)(c2ccc(F)cc2)NC1=O. The third kappa shape index (κ3) is 5.89. The van der Waals surface area contributed by atoms with Crippen LogP contribution in [0.15, 0.2) is 72.8 Å². The van der Waals surface area contributed by atoms with Crippen LogP contribution in [-0.4, -0.2) is 32.4 Å². The fourth-order valence-corrected chi connectivity index (χ4v) is 5.01. The Morgan fingerprint density at radius 3 is 2.03 bits per heavy atom. The molecule has 0 spiro atoms. The highest BCUT2D eigenvalue weighted by atomic mass is 32.2. The van der Waals surface area contributed by atoms with E-state index in [4.69, 9.17) is 5.14 Å². The highest BCUT2D eigenvalue weighted by Gasteiger charge is 2.41. The summed E-state index contributed by atoms with van der Waals surface area (Å²) in [7, 11) is -3.89. The molecule has 1 heterocycles. The van der Waals surface area contributed by atoms with Crippen molar-refractivity contribution in [2.75, 3.05) is 13.1 Å². The van der Waals surface area contributed by atoms with Gasteiger partial charge in [0.15, 0.2) is 0 Å². The van der Waals surface area contributed by atoms with E-state index in [0.29, 0.717) is 18.5 Å². The van der Waals surface area contributed by atoms with Crippen molar-refractivity contribution in [2.24, 2.45) is 5.14 Å². The van der Waals surface area contributed by atoms with Gasteiger partial charge in [0.05, 0.1) is 11.6 Å². The molecule has 4 rings (SSSR count). The Morgan fingerprint density at radius 2 is 1.50 bits per heavy atom. The molecule has 0 bridgehead atoms. The van der Waals surface area contributed by atoms with Gasteiger partial charge >= 0.3 is 6.03 Å². The molecular weight excluding hydrogens is 486 g/mol. The number of nitrogens with one attached hydrogen (secondary N) is 2. The van der Waals surface area contributed by atoms with E-state index < -0.39 is 21.6 Å². The number of hydrogen-bond acceptors (Lipinski definition) is 3. The maximum atomic E-state index is 13.6. The van der Waals surface area contributed by atoms with Gasteiger partial charge in [-0.1, -0.05) is 48.5 Å². The molecule has 2 amide bonds. The summed E-state index contributed by atoms with van der Waals surface area (Å²) in [6.45, 7) is 2.34. The maximum Gasteiger partial charge on any atom is 0.318 e.